The van der Waals surface area contributed by atoms with Crippen molar-refractivity contribution in [3.8, 4) is 0 Å². The Morgan fingerprint density at radius 2 is 2.19 bits per heavy atom. The Morgan fingerprint density at radius 3 is 2.81 bits per heavy atom. The summed E-state index contributed by atoms with van der Waals surface area (Å²) in [7, 11) is -1.29. The van der Waals surface area contributed by atoms with Gasteiger partial charge in [-0.05, 0) is 27.6 Å². The third-order valence-electron chi connectivity index (χ3n) is 1.89. The van der Waals surface area contributed by atoms with Crippen molar-refractivity contribution in [3.63, 3.8) is 0 Å². The summed E-state index contributed by atoms with van der Waals surface area (Å²) < 4.78 is 24.9. The minimum Gasteiger partial charge on any atom is -0.481 e. The summed E-state index contributed by atoms with van der Waals surface area (Å²) in [5.41, 5.74) is 0.587. The molecule has 1 aromatic rings. The van der Waals surface area contributed by atoms with Crippen LogP contribution in [0.2, 0.25) is 0 Å². The molecule has 0 aliphatic carbocycles. The van der Waals surface area contributed by atoms with E-state index in [0.717, 1.165) is 0 Å². The molecule has 1 aromatic carbocycles. The summed E-state index contributed by atoms with van der Waals surface area (Å²) in [6.07, 6.45) is -0.139. The molecule has 0 fully saturated rings. The van der Waals surface area contributed by atoms with Gasteiger partial charge in [-0.25, -0.2) is 4.39 Å². The maximum absolute atomic E-state index is 13.1. The minimum absolute atomic E-state index is 0.0816. The minimum atomic E-state index is -1.29. The molecule has 1 atom stereocenters. The first-order valence-electron chi connectivity index (χ1n) is 4.50. The van der Waals surface area contributed by atoms with Crippen molar-refractivity contribution in [2.24, 2.45) is 0 Å². The van der Waals surface area contributed by atoms with E-state index in [4.69, 9.17) is 5.11 Å². The van der Waals surface area contributed by atoms with Crippen molar-refractivity contribution in [1.29, 1.82) is 0 Å². The Balaban J connectivity index is 2.63. The highest BCUT2D eigenvalue weighted by Gasteiger charge is 2.09. The van der Waals surface area contributed by atoms with Gasteiger partial charge in [0.15, 0.2) is 0 Å². The Labute approximate surface area is 103 Å². The third kappa shape index (κ3) is 4.02. The second-order valence-corrected chi connectivity index (χ2v) is 5.51. The fourth-order valence-corrected chi connectivity index (χ4v) is 2.83. The number of carbonyl (C=O) groups is 1. The Bertz CT molecular complexity index is 423. The van der Waals surface area contributed by atoms with Crippen LogP contribution in [0.3, 0.4) is 0 Å². The molecule has 1 rings (SSSR count). The molecule has 0 bridgehead atoms. The maximum Gasteiger partial charge on any atom is 0.304 e. The second kappa shape index (κ2) is 6.10. The van der Waals surface area contributed by atoms with Crippen molar-refractivity contribution in [2.75, 3.05) is 5.75 Å². The SMILES string of the molecule is O=C(O)CCS(=O)Cc1cccc(F)c1Br. The fourth-order valence-electron chi connectivity index (χ4n) is 1.11. The predicted molar refractivity (Wildman–Crippen MR) is 63.1 cm³/mol. The summed E-state index contributed by atoms with van der Waals surface area (Å²) in [6, 6.07) is 4.49. The third-order valence-corrected chi connectivity index (χ3v) is 4.07. The second-order valence-electron chi connectivity index (χ2n) is 3.14. The van der Waals surface area contributed by atoms with Crippen LogP contribution in [0.4, 0.5) is 4.39 Å². The predicted octanol–water partition coefficient (Wildman–Crippen LogP) is 2.31. The summed E-state index contributed by atoms with van der Waals surface area (Å²) >= 11 is 3.06. The van der Waals surface area contributed by atoms with Gasteiger partial charge < -0.3 is 5.11 Å². The maximum atomic E-state index is 13.1. The highest BCUT2D eigenvalue weighted by Crippen LogP contribution is 2.21. The number of halogens is 2. The zero-order valence-electron chi connectivity index (χ0n) is 8.28. The van der Waals surface area contributed by atoms with E-state index in [2.05, 4.69) is 15.9 Å². The first-order chi connectivity index (χ1) is 7.50. The van der Waals surface area contributed by atoms with Gasteiger partial charge in [0.2, 0.25) is 0 Å². The molecular weight excluding hydrogens is 299 g/mol. The van der Waals surface area contributed by atoms with E-state index in [1.807, 2.05) is 0 Å². The summed E-state index contributed by atoms with van der Waals surface area (Å²) in [6.45, 7) is 0. The van der Waals surface area contributed by atoms with Crippen molar-refractivity contribution >= 4 is 32.7 Å². The van der Waals surface area contributed by atoms with Crippen molar-refractivity contribution < 1.29 is 18.5 Å². The average Bonchev–Trinajstić information content (AvgIpc) is 2.22. The van der Waals surface area contributed by atoms with Gasteiger partial charge in [-0.2, -0.15) is 0 Å². The van der Waals surface area contributed by atoms with E-state index in [9.17, 15) is 13.4 Å². The van der Waals surface area contributed by atoms with Crippen LogP contribution in [0.15, 0.2) is 22.7 Å². The van der Waals surface area contributed by atoms with Gasteiger partial charge in [-0.3, -0.25) is 9.00 Å². The van der Waals surface area contributed by atoms with Crippen molar-refractivity contribution in [2.45, 2.75) is 12.2 Å². The standard InChI is InChI=1S/C10H10BrFO3S/c11-10-7(2-1-3-8(10)12)6-16(15)5-4-9(13)14/h1-3H,4-6H2,(H,13,14). The lowest BCUT2D eigenvalue weighted by atomic mass is 10.2. The molecule has 0 aliphatic heterocycles. The fraction of sp³-hybridized carbons (Fsp3) is 0.300. The van der Waals surface area contributed by atoms with Gasteiger partial charge in [0.25, 0.3) is 0 Å². The van der Waals surface area contributed by atoms with E-state index < -0.39 is 22.6 Å². The number of carboxylic acids is 1. The largest absolute Gasteiger partial charge is 0.481 e. The van der Waals surface area contributed by atoms with E-state index in [1.54, 1.807) is 6.07 Å². The zero-order chi connectivity index (χ0) is 12.1. The van der Waals surface area contributed by atoms with E-state index >= 15 is 0 Å². The Kier molecular flexibility index (Phi) is 5.08. The lowest BCUT2D eigenvalue weighted by Gasteiger charge is -2.04. The van der Waals surface area contributed by atoms with Crippen LogP contribution in [-0.2, 0) is 21.3 Å². The van der Waals surface area contributed by atoms with E-state index in [0.29, 0.717) is 10.0 Å². The molecule has 0 aromatic heterocycles. The van der Waals surface area contributed by atoms with Crippen LogP contribution in [0.1, 0.15) is 12.0 Å². The zero-order valence-corrected chi connectivity index (χ0v) is 10.7. The van der Waals surface area contributed by atoms with Crippen LogP contribution in [0, 0.1) is 5.82 Å². The van der Waals surface area contributed by atoms with Gasteiger partial charge in [0.1, 0.15) is 5.82 Å². The highest BCUT2D eigenvalue weighted by molar-refractivity contribution is 9.10. The first kappa shape index (κ1) is 13.3. The van der Waals surface area contributed by atoms with Gasteiger partial charge in [-0.15, -0.1) is 0 Å². The molecule has 6 heteroatoms. The van der Waals surface area contributed by atoms with E-state index in [-0.39, 0.29) is 17.9 Å². The van der Waals surface area contributed by atoms with Crippen molar-refractivity contribution in [3.05, 3.63) is 34.1 Å². The number of hydrogen-bond acceptors (Lipinski definition) is 2. The molecule has 0 heterocycles. The summed E-state index contributed by atoms with van der Waals surface area (Å²) in [5.74, 6) is -1.15. The quantitative estimate of drug-likeness (QED) is 0.908. The average molecular weight is 309 g/mol. The molecular formula is C10H10BrFO3S. The molecule has 0 radical (unpaired) electrons. The van der Waals surface area contributed by atoms with Crippen LogP contribution in [-0.4, -0.2) is 21.0 Å². The number of rotatable bonds is 5. The molecule has 0 saturated carbocycles. The normalized spacial score (nSPS) is 12.4. The van der Waals surface area contributed by atoms with Crippen LogP contribution in [0.5, 0.6) is 0 Å². The van der Waals surface area contributed by atoms with Gasteiger partial charge >= 0.3 is 5.97 Å². The van der Waals surface area contributed by atoms with Gasteiger partial charge in [0.05, 0.1) is 10.9 Å². The lowest BCUT2D eigenvalue weighted by Crippen LogP contribution is -2.07. The molecule has 0 saturated heterocycles. The molecule has 1 N–H and O–H groups in total. The molecule has 0 aliphatic rings. The van der Waals surface area contributed by atoms with Crippen LogP contribution in [0.25, 0.3) is 0 Å². The number of carboxylic acid groups (broad SMARTS) is 1. The van der Waals surface area contributed by atoms with Gasteiger partial charge in [0, 0.05) is 22.3 Å². The summed E-state index contributed by atoms with van der Waals surface area (Å²) in [4.78, 5) is 10.3. The molecule has 88 valence electrons. The molecule has 1 unspecified atom stereocenters. The topological polar surface area (TPSA) is 54.4 Å². The Hall–Kier alpha value is -0.750. The molecule has 0 amide bonds. The van der Waals surface area contributed by atoms with Crippen LogP contribution < -0.4 is 0 Å². The molecule has 16 heavy (non-hydrogen) atoms. The number of hydrogen-bond donors (Lipinski definition) is 1. The lowest BCUT2D eigenvalue weighted by molar-refractivity contribution is -0.136. The number of benzene rings is 1. The highest BCUT2D eigenvalue weighted by atomic mass is 79.9. The van der Waals surface area contributed by atoms with Crippen molar-refractivity contribution in [1.82, 2.24) is 0 Å². The first-order valence-corrected chi connectivity index (χ1v) is 6.78. The van der Waals surface area contributed by atoms with E-state index in [1.165, 1.54) is 12.1 Å². The van der Waals surface area contributed by atoms with Gasteiger partial charge in [-0.1, -0.05) is 12.1 Å². The van der Waals surface area contributed by atoms with Crippen LogP contribution >= 0.6 is 15.9 Å². The molecule has 0 spiro atoms. The summed E-state index contributed by atoms with van der Waals surface area (Å²) in [5, 5.41) is 8.42. The number of aliphatic carboxylic acids is 1. The monoisotopic (exact) mass is 308 g/mol. The smallest absolute Gasteiger partial charge is 0.304 e. The molecule has 3 nitrogen and oxygen atoms in total. The Morgan fingerprint density at radius 1 is 1.50 bits per heavy atom.